The molecule has 0 bridgehead atoms. The molecule has 66 valence electrons. The summed E-state index contributed by atoms with van der Waals surface area (Å²) in [5, 5.41) is 0. The van der Waals surface area contributed by atoms with Crippen LogP contribution >= 0.6 is 0 Å². The molecule has 2 heteroatoms. The molecule has 0 aliphatic heterocycles. The van der Waals surface area contributed by atoms with Crippen molar-refractivity contribution >= 4 is 6.47 Å². The average Bonchev–Trinajstić information content (AvgIpc) is 2.09. The quantitative estimate of drug-likeness (QED) is 0.473. The van der Waals surface area contributed by atoms with Gasteiger partial charge in [0.1, 0.15) is 6.10 Å². The Kier molecular flexibility index (Phi) is 3.58. The zero-order valence-electron chi connectivity index (χ0n) is 7.16. The van der Waals surface area contributed by atoms with Gasteiger partial charge in [-0.15, -0.1) is 6.58 Å². The second-order valence-electron chi connectivity index (χ2n) is 2.98. The van der Waals surface area contributed by atoms with E-state index in [0.717, 1.165) is 25.7 Å². The van der Waals surface area contributed by atoms with Gasteiger partial charge in [-0.05, 0) is 19.3 Å². The maximum Gasteiger partial charge on any atom is 0.293 e. The molecule has 1 unspecified atom stereocenters. The van der Waals surface area contributed by atoms with Crippen molar-refractivity contribution in [3.63, 3.8) is 0 Å². The van der Waals surface area contributed by atoms with E-state index >= 15 is 0 Å². The van der Waals surface area contributed by atoms with Crippen LogP contribution in [0.4, 0.5) is 0 Å². The molecule has 12 heavy (non-hydrogen) atoms. The first-order valence-corrected chi connectivity index (χ1v) is 4.24. The Hall–Kier alpha value is -1.05. The van der Waals surface area contributed by atoms with Crippen LogP contribution in [0.1, 0.15) is 25.7 Å². The molecule has 0 radical (unpaired) electrons. The summed E-state index contributed by atoms with van der Waals surface area (Å²) >= 11 is 0. The SMILES string of the molecule is C=CCC1=CCC(OC=O)CC1. The smallest absolute Gasteiger partial charge is 0.293 e. The molecule has 0 fully saturated rings. The fourth-order valence-corrected chi connectivity index (χ4v) is 1.44. The third-order valence-corrected chi connectivity index (χ3v) is 2.11. The van der Waals surface area contributed by atoms with Gasteiger partial charge >= 0.3 is 0 Å². The van der Waals surface area contributed by atoms with Crippen molar-refractivity contribution in [2.75, 3.05) is 0 Å². The van der Waals surface area contributed by atoms with Gasteiger partial charge in [0.15, 0.2) is 0 Å². The highest BCUT2D eigenvalue weighted by Gasteiger charge is 2.13. The molecular weight excluding hydrogens is 152 g/mol. The molecule has 1 aliphatic carbocycles. The summed E-state index contributed by atoms with van der Waals surface area (Å²) in [7, 11) is 0. The van der Waals surface area contributed by atoms with Crippen molar-refractivity contribution in [2.45, 2.75) is 31.8 Å². The number of allylic oxidation sites excluding steroid dienone is 2. The third-order valence-electron chi connectivity index (χ3n) is 2.11. The Morgan fingerprint density at radius 1 is 1.75 bits per heavy atom. The van der Waals surface area contributed by atoms with Gasteiger partial charge in [0.05, 0.1) is 0 Å². The van der Waals surface area contributed by atoms with E-state index in [4.69, 9.17) is 4.74 Å². The lowest BCUT2D eigenvalue weighted by atomic mass is 9.95. The largest absolute Gasteiger partial charge is 0.464 e. The Balaban J connectivity index is 2.35. The van der Waals surface area contributed by atoms with E-state index in [1.54, 1.807) is 0 Å². The predicted molar refractivity (Wildman–Crippen MR) is 47.7 cm³/mol. The van der Waals surface area contributed by atoms with Crippen LogP contribution in [0.15, 0.2) is 24.3 Å². The minimum atomic E-state index is 0.107. The maximum atomic E-state index is 10.0. The highest BCUT2D eigenvalue weighted by Crippen LogP contribution is 2.22. The minimum Gasteiger partial charge on any atom is -0.464 e. The van der Waals surface area contributed by atoms with Crippen LogP contribution in [-0.4, -0.2) is 12.6 Å². The topological polar surface area (TPSA) is 26.3 Å². The lowest BCUT2D eigenvalue weighted by Crippen LogP contribution is -2.14. The Labute approximate surface area is 72.9 Å². The van der Waals surface area contributed by atoms with Crippen LogP contribution in [0.25, 0.3) is 0 Å². The first-order chi connectivity index (χ1) is 5.86. The van der Waals surface area contributed by atoms with Crippen LogP contribution in [0.3, 0.4) is 0 Å². The molecule has 0 heterocycles. The van der Waals surface area contributed by atoms with Gasteiger partial charge in [-0.3, -0.25) is 4.79 Å². The van der Waals surface area contributed by atoms with E-state index in [1.807, 2.05) is 6.08 Å². The van der Waals surface area contributed by atoms with Crippen molar-refractivity contribution in [1.82, 2.24) is 0 Å². The monoisotopic (exact) mass is 166 g/mol. The van der Waals surface area contributed by atoms with E-state index in [1.165, 1.54) is 5.57 Å². The summed E-state index contributed by atoms with van der Waals surface area (Å²) in [6.07, 6.45) is 7.99. The van der Waals surface area contributed by atoms with E-state index in [2.05, 4.69) is 12.7 Å². The molecule has 0 saturated carbocycles. The van der Waals surface area contributed by atoms with E-state index < -0.39 is 0 Å². The number of hydrogen-bond donors (Lipinski definition) is 0. The van der Waals surface area contributed by atoms with Gasteiger partial charge in [0.25, 0.3) is 6.47 Å². The summed E-state index contributed by atoms with van der Waals surface area (Å²) in [5.74, 6) is 0. The number of rotatable bonds is 4. The molecule has 0 saturated heterocycles. The normalized spacial score (nSPS) is 22.7. The zero-order chi connectivity index (χ0) is 8.81. The first kappa shape index (κ1) is 9.04. The lowest BCUT2D eigenvalue weighted by Gasteiger charge is -2.19. The maximum absolute atomic E-state index is 10.0. The molecule has 0 aromatic heterocycles. The van der Waals surface area contributed by atoms with Gasteiger partial charge in [-0.2, -0.15) is 0 Å². The molecule has 0 N–H and O–H groups in total. The number of carbonyl (C=O) groups excluding carboxylic acids is 1. The van der Waals surface area contributed by atoms with Gasteiger partial charge in [0.2, 0.25) is 0 Å². The molecule has 2 nitrogen and oxygen atoms in total. The predicted octanol–water partition coefficient (Wildman–Crippen LogP) is 2.21. The van der Waals surface area contributed by atoms with Crippen LogP contribution in [0.5, 0.6) is 0 Å². The molecule has 1 atom stereocenters. The van der Waals surface area contributed by atoms with Crippen molar-refractivity contribution in [1.29, 1.82) is 0 Å². The fourth-order valence-electron chi connectivity index (χ4n) is 1.44. The van der Waals surface area contributed by atoms with Gasteiger partial charge in [0, 0.05) is 6.42 Å². The molecule has 1 aliphatic rings. The summed E-state index contributed by atoms with van der Waals surface area (Å²) in [6.45, 7) is 4.22. The standard InChI is InChI=1S/C10H14O2/c1-2-3-9-4-6-10(7-5-9)12-8-11/h2,4,8,10H,1,3,5-7H2. The Morgan fingerprint density at radius 3 is 3.08 bits per heavy atom. The molecule has 0 amide bonds. The van der Waals surface area contributed by atoms with Crippen molar-refractivity contribution in [3.8, 4) is 0 Å². The molecule has 1 rings (SSSR count). The number of carbonyl (C=O) groups is 1. The molecule has 0 aromatic carbocycles. The highest BCUT2D eigenvalue weighted by molar-refractivity contribution is 5.37. The average molecular weight is 166 g/mol. The van der Waals surface area contributed by atoms with E-state index in [9.17, 15) is 4.79 Å². The van der Waals surface area contributed by atoms with E-state index in [-0.39, 0.29) is 6.10 Å². The summed E-state index contributed by atoms with van der Waals surface area (Å²) in [5.41, 5.74) is 1.41. The Morgan fingerprint density at radius 2 is 2.58 bits per heavy atom. The van der Waals surface area contributed by atoms with Gasteiger partial charge in [-0.1, -0.05) is 17.7 Å². The molecule has 0 aromatic rings. The van der Waals surface area contributed by atoms with Crippen LogP contribution in [-0.2, 0) is 9.53 Å². The minimum absolute atomic E-state index is 0.107. The second-order valence-corrected chi connectivity index (χ2v) is 2.98. The van der Waals surface area contributed by atoms with Gasteiger partial charge < -0.3 is 4.74 Å². The highest BCUT2D eigenvalue weighted by atomic mass is 16.5. The molecule has 0 spiro atoms. The van der Waals surface area contributed by atoms with Gasteiger partial charge in [-0.25, -0.2) is 0 Å². The number of hydrogen-bond acceptors (Lipinski definition) is 2. The third kappa shape index (κ3) is 2.53. The Bertz CT molecular complexity index is 194. The first-order valence-electron chi connectivity index (χ1n) is 4.24. The lowest BCUT2D eigenvalue weighted by molar-refractivity contribution is -0.133. The number of ether oxygens (including phenoxy) is 1. The van der Waals surface area contributed by atoms with Crippen LogP contribution < -0.4 is 0 Å². The van der Waals surface area contributed by atoms with Crippen LogP contribution in [0.2, 0.25) is 0 Å². The van der Waals surface area contributed by atoms with Crippen molar-refractivity contribution in [2.24, 2.45) is 0 Å². The fraction of sp³-hybridized carbons (Fsp3) is 0.500. The van der Waals surface area contributed by atoms with Crippen LogP contribution in [0, 0.1) is 0 Å². The van der Waals surface area contributed by atoms with Crippen molar-refractivity contribution < 1.29 is 9.53 Å². The van der Waals surface area contributed by atoms with Crippen molar-refractivity contribution in [3.05, 3.63) is 24.3 Å². The van der Waals surface area contributed by atoms with E-state index in [0.29, 0.717) is 6.47 Å². The molecular formula is C10H14O2. The summed E-state index contributed by atoms with van der Waals surface area (Å²) in [4.78, 5) is 10.0. The second kappa shape index (κ2) is 4.75. The summed E-state index contributed by atoms with van der Waals surface area (Å²) in [6, 6.07) is 0. The zero-order valence-corrected chi connectivity index (χ0v) is 7.16. The summed E-state index contributed by atoms with van der Waals surface area (Å²) < 4.78 is 4.86.